The number of allylic oxidation sites excluding steroid dienone is 1. The molecule has 4 saturated carbocycles. The number of hydrogen-bond acceptors (Lipinski definition) is 1. The van der Waals surface area contributed by atoms with Gasteiger partial charge < -0.3 is 5.11 Å². The fraction of sp³-hybridized carbons (Fsp3) is 0.812. The molecule has 0 aromatic rings. The van der Waals surface area contributed by atoms with Gasteiger partial charge in [0.2, 0.25) is 0 Å². The lowest BCUT2D eigenvalue weighted by atomic mass is 9.48. The summed E-state index contributed by atoms with van der Waals surface area (Å²) in [4.78, 5) is 11.3. The molecule has 0 aliphatic heterocycles. The standard InChI is InChI=1S/C16H24O2/c1-2-3-14(15(17)18)10-16-7-11-4-12(8-16)6-13(5-11)9-16/h3,11-13H,2,4-10H2,1H3,(H,17,18). The second-order valence-corrected chi connectivity index (χ2v) is 7.04. The highest BCUT2D eigenvalue weighted by molar-refractivity contribution is 5.86. The van der Waals surface area contributed by atoms with E-state index in [2.05, 4.69) is 0 Å². The molecular formula is C16H24O2. The molecule has 0 radical (unpaired) electrons. The monoisotopic (exact) mass is 248 g/mol. The van der Waals surface area contributed by atoms with Crippen LogP contribution >= 0.6 is 0 Å². The van der Waals surface area contributed by atoms with Gasteiger partial charge >= 0.3 is 5.97 Å². The van der Waals surface area contributed by atoms with Gasteiger partial charge in [-0.2, -0.15) is 0 Å². The Labute approximate surface area is 109 Å². The van der Waals surface area contributed by atoms with Crippen LogP contribution < -0.4 is 0 Å². The van der Waals surface area contributed by atoms with Crippen molar-refractivity contribution < 1.29 is 9.90 Å². The third kappa shape index (κ3) is 2.10. The molecule has 0 heterocycles. The van der Waals surface area contributed by atoms with Crippen molar-refractivity contribution in [2.24, 2.45) is 23.2 Å². The highest BCUT2D eigenvalue weighted by Crippen LogP contribution is 2.61. The van der Waals surface area contributed by atoms with Crippen LogP contribution in [0.25, 0.3) is 0 Å². The van der Waals surface area contributed by atoms with Crippen LogP contribution in [0.5, 0.6) is 0 Å². The van der Waals surface area contributed by atoms with E-state index < -0.39 is 5.97 Å². The van der Waals surface area contributed by atoms with Gasteiger partial charge in [0.1, 0.15) is 0 Å². The van der Waals surface area contributed by atoms with Crippen molar-refractivity contribution in [3.8, 4) is 0 Å². The molecule has 18 heavy (non-hydrogen) atoms. The summed E-state index contributed by atoms with van der Waals surface area (Å²) in [6.45, 7) is 2.03. The normalized spacial score (nSPS) is 42.3. The Balaban J connectivity index is 1.79. The molecule has 2 nitrogen and oxygen atoms in total. The highest BCUT2D eigenvalue weighted by Gasteiger charge is 2.51. The minimum Gasteiger partial charge on any atom is -0.478 e. The summed E-state index contributed by atoms with van der Waals surface area (Å²) in [6.07, 6.45) is 11.8. The van der Waals surface area contributed by atoms with E-state index in [0.29, 0.717) is 11.0 Å². The largest absolute Gasteiger partial charge is 0.478 e. The van der Waals surface area contributed by atoms with E-state index in [9.17, 15) is 9.90 Å². The quantitative estimate of drug-likeness (QED) is 0.763. The van der Waals surface area contributed by atoms with E-state index in [0.717, 1.165) is 30.6 Å². The van der Waals surface area contributed by atoms with Crippen LogP contribution in [0.3, 0.4) is 0 Å². The van der Waals surface area contributed by atoms with Gasteiger partial charge in [0.05, 0.1) is 0 Å². The lowest BCUT2D eigenvalue weighted by Crippen LogP contribution is -2.46. The molecule has 0 amide bonds. The second-order valence-electron chi connectivity index (χ2n) is 7.04. The van der Waals surface area contributed by atoms with Crippen molar-refractivity contribution in [1.82, 2.24) is 0 Å². The molecule has 0 unspecified atom stereocenters. The zero-order valence-electron chi connectivity index (χ0n) is 11.3. The summed E-state index contributed by atoms with van der Waals surface area (Å²) in [5.74, 6) is 2.04. The fourth-order valence-electron chi connectivity index (χ4n) is 5.39. The molecule has 4 aliphatic carbocycles. The average molecular weight is 248 g/mol. The number of carbonyl (C=O) groups is 1. The summed E-state index contributed by atoms with van der Waals surface area (Å²) < 4.78 is 0. The number of carboxylic acid groups (broad SMARTS) is 1. The Bertz CT molecular complexity index is 345. The average Bonchev–Trinajstić information content (AvgIpc) is 2.26. The van der Waals surface area contributed by atoms with Crippen LogP contribution in [0, 0.1) is 23.2 Å². The summed E-state index contributed by atoms with van der Waals surface area (Å²) >= 11 is 0. The fourth-order valence-corrected chi connectivity index (χ4v) is 5.39. The van der Waals surface area contributed by atoms with Gasteiger partial charge in [-0.1, -0.05) is 13.0 Å². The number of carboxylic acids is 1. The smallest absolute Gasteiger partial charge is 0.331 e. The van der Waals surface area contributed by atoms with E-state index in [1.807, 2.05) is 13.0 Å². The lowest BCUT2D eigenvalue weighted by molar-refractivity contribution is -0.134. The highest BCUT2D eigenvalue weighted by atomic mass is 16.4. The molecule has 100 valence electrons. The minimum atomic E-state index is -0.687. The third-order valence-corrected chi connectivity index (χ3v) is 5.46. The molecule has 4 rings (SSSR count). The molecule has 2 heteroatoms. The summed E-state index contributed by atoms with van der Waals surface area (Å²) in [7, 11) is 0. The van der Waals surface area contributed by atoms with Crippen molar-refractivity contribution in [2.45, 2.75) is 58.3 Å². The molecule has 0 atom stereocenters. The van der Waals surface area contributed by atoms with Gasteiger partial charge in [0.15, 0.2) is 0 Å². The second kappa shape index (κ2) is 4.40. The van der Waals surface area contributed by atoms with E-state index >= 15 is 0 Å². The van der Waals surface area contributed by atoms with Crippen LogP contribution in [-0.2, 0) is 4.79 Å². The van der Waals surface area contributed by atoms with E-state index in [1.54, 1.807) is 0 Å². The number of rotatable bonds is 4. The first kappa shape index (κ1) is 12.3. The van der Waals surface area contributed by atoms with Crippen LogP contribution in [0.15, 0.2) is 11.6 Å². The number of aliphatic carboxylic acids is 1. The molecule has 0 aromatic heterocycles. The zero-order chi connectivity index (χ0) is 12.8. The lowest BCUT2D eigenvalue weighted by Gasteiger charge is -2.57. The molecule has 0 saturated heterocycles. The van der Waals surface area contributed by atoms with Crippen LogP contribution in [-0.4, -0.2) is 11.1 Å². The Hall–Kier alpha value is -0.790. The van der Waals surface area contributed by atoms with Crippen molar-refractivity contribution >= 4 is 5.97 Å². The SMILES string of the molecule is CCC=C(CC12CC3CC(CC(C3)C1)C2)C(=O)O. The predicted molar refractivity (Wildman–Crippen MR) is 71.2 cm³/mol. The molecule has 1 N–H and O–H groups in total. The van der Waals surface area contributed by atoms with Crippen LogP contribution in [0.1, 0.15) is 58.3 Å². The van der Waals surface area contributed by atoms with Crippen molar-refractivity contribution in [1.29, 1.82) is 0 Å². The van der Waals surface area contributed by atoms with Gasteiger partial charge in [-0.15, -0.1) is 0 Å². The third-order valence-electron chi connectivity index (χ3n) is 5.46. The van der Waals surface area contributed by atoms with E-state index in [4.69, 9.17) is 0 Å². The molecular weight excluding hydrogens is 224 g/mol. The van der Waals surface area contributed by atoms with Crippen LogP contribution in [0.2, 0.25) is 0 Å². The Kier molecular flexibility index (Phi) is 2.99. The Morgan fingerprint density at radius 3 is 2.06 bits per heavy atom. The van der Waals surface area contributed by atoms with Gasteiger partial charge in [0, 0.05) is 5.57 Å². The van der Waals surface area contributed by atoms with Crippen molar-refractivity contribution in [2.75, 3.05) is 0 Å². The first-order valence-corrected chi connectivity index (χ1v) is 7.52. The maximum absolute atomic E-state index is 11.3. The van der Waals surface area contributed by atoms with E-state index in [-0.39, 0.29) is 0 Å². The first-order valence-electron chi connectivity index (χ1n) is 7.52. The van der Waals surface area contributed by atoms with Crippen LogP contribution in [0.4, 0.5) is 0 Å². The van der Waals surface area contributed by atoms with Gasteiger partial charge in [-0.05, 0) is 74.5 Å². The van der Waals surface area contributed by atoms with Gasteiger partial charge in [-0.25, -0.2) is 4.79 Å². The van der Waals surface area contributed by atoms with Gasteiger partial charge in [0.25, 0.3) is 0 Å². The Morgan fingerprint density at radius 2 is 1.67 bits per heavy atom. The number of hydrogen-bond donors (Lipinski definition) is 1. The maximum Gasteiger partial charge on any atom is 0.331 e. The zero-order valence-corrected chi connectivity index (χ0v) is 11.3. The summed E-state index contributed by atoms with van der Waals surface area (Å²) in [5.41, 5.74) is 1.04. The maximum atomic E-state index is 11.3. The minimum absolute atomic E-state index is 0.355. The first-order chi connectivity index (χ1) is 8.60. The summed E-state index contributed by atoms with van der Waals surface area (Å²) in [5, 5.41) is 9.34. The van der Waals surface area contributed by atoms with Crippen molar-refractivity contribution in [3.05, 3.63) is 11.6 Å². The molecule has 4 bridgehead atoms. The molecule has 0 aromatic carbocycles. The van der Waals surface area contributed by atoms with E-state index in [1.165, 1.54) is 38.5 Å². The predicted octanol–water partition coefficient (Wildman–Crippen LogP) is 4.01. The molecule has 0 spiro atoms. The molecule has 4 aliphatic rings. The van der Waals surface area contributed by atoms with Crippen molar-refractivity contribution in [3.63, 3.8) is 0 Å². The summed E-state index contributed by atoms with van der Waals surface area (Å²) in [6, 6.07) is 0. The molecule has 4 fully saturated rings. The van der Waals surface area contributed by atoms with Gasteiger partial charge in [-0.3, -0.25) is 0 Å². The Morgan fingerprint density at radius 1 is 1.17 bits per heavy atom. The topological polar surface area (TPSA) is 37.3 Å².